The van der Waals surface area contributed by atoms with Gasteiger partial charge in [0.2, 0.25) is 5.91 Å². The molecule has 2 aliphatic rings. The van der Waals surface area contributed by atoms with E-state index in [0.29, 0.717) is 18.3 Å². The van der Waals surface area contributed by atoms with Crippen LogP contribution in [0.2, 0.25) is 0 Å². The van der Waals surface area contributed by atoms with Gasteiger partial charge in [0.15, 0.2) is 0 Å². The highest BCUT2D eigenvalue weighted by molar-refractivity contribution is 5.90. The maximum Gasteiger partial charge on any atom is 0.242 e. The summed E-state index contributed by atoms with van der Waals surface area (Å²) in [6.07, 6.45) is 6.84. The zero-order chi connectivity index (χ0) is 12.3. The Labute approximate surface area is 103 Å². The molecule has 1 unspecified atom stereocenters. The highest BCUT2D eigenvalue weighted by Gasteiger charge is 2.32. The smallest absolute Gasteiger partial charge is 0.242 e. The topological polar surface area (TPSA) is 56.2 Å². The van der Waals surface area contributed by atoms with Crippen LogP contribution in [-0.4, -0.2) is 35.8 Å². The van der Waals surface area contributed by atoms with Crippen molar-refractivity contribution >= 4 is 11.7 Å². The first-order valence-electron chi connectivity index (χ1n) is 6.86. The lowest BCUT2D eigenvalue weighted by molar-refractivity contribution is -0.127. The van der Waals surface area contributed by atoms with Crippen molar-refractivity contribution in [2.24, 2.45) is 5.92 Å². The van der Waals surface area contributed by atoms with Crippen molar-refractivity contribution in [3.8, 4) is 0 Å². The summed E-state index contributed by atoms with van der Waals surface area (Å²) >= 11 is 0. The quantitative estimate of drug-likeness (QED) is 0.568. The van der Waals surface area contributed by atoms with Crippen molar-refractivity contribution in [1.82, 2.24) is 10.2 Å². The molecule has 17 heavy (non-hydrogen) atoms. The second kappa shape index (κ2) is 5.52. The average Bonchev–Trinajstić information content (AvgIpc) is 2.38. The molecule has 1 saturated heterocycles. The molecule has 0 aromatic heterocycles. The van der Waals surface area contributed by atoms with Crippen molar-refractivity contribution in [2.75, 3.05) is 13.1 Å². The Morgan fingerprint density at radius 3 is 2.76 bits per heavy atom. The first-order chi connectivity index (χ1) is 8.24. The molecule has 0 aromatic rings. The van der Waals surface area contributed by atoms with Crippen molar-refractivity contribution in [3.05, 3.63) is 0 Å². The van der Waals surface area contributed by atoms with E-state index in [1.165, 1.54) is 19.3 Å². The third-order valence-corrected chi connectivity index (χ3v) is 4.02. The SMILES string of the molecule is CCC1C(=O)NCCN1C(=N)C1CCCCC1. The van der Waals surface area contributed by atoms with Gasteiger partial charge in [0.05, 0.1) is 5.84 Å². The minimum atomic E-state index is -0.113. The number of amidine groups is 1. The fraction of sp³-hybridized carbons (Fsp3) is 0.846. The Morgan fingerprint density at radius 1 is 1.41 bits per heavy atom. The molecule has 1 saturated carbocycles. The molecular weight excluding hydrogens is 214 g/mol. The van der Waals surface area contributed by atoms with Gasteiger partial charge in [-0.15, -0.1) is 0 Å². The summed E-state index contributed by atoms with van der Waals surface area (Å²) in [7, 11) is 0. The lowest BCUT2D eigenvalue weighted by Crippen LogP contribution is -2.58. The Morgan fingerprint density at radius 2 is 2.12 bits per heavy atom. The minimum Gasteiger partial charge on any atom is -0.353 e. The summed E-state index contributed by atoms with van der Waals surface area (Å²) in [5.41, 5.74) is 0. The van der Waals surface area contributed by atoms with E-state index in [4.69, 9.17) is 5.41 Å². The number of rotatable bonds is 2. The summed E-state index contributed by atoms with van der Waals surface area (Å²) in [5.74, 6) is 1.20. The summed E-state index contributed by atoms with van der Waals surface area (Å²) < 4.78 is 0. The summed E-state index contributed by atoms with van der Waals surface area (Å²) in [6, 6.07) is -0.113. The summed E-state index contributed by atoms with van der Waals surface area (Å²) in [5, 5.41) is 11.2. The van der Waals surface area contributed by atoms with Crippen LogP contribution in [0.25, 0.3) is 0 Å². The number of carbonyl (C=O) groups is 1. The number of hydrogen-bond donors (Lipinski definition) is 2. The molecular formula is C13H23N3O. The number of nitrogens with one attached hydrogen (secondary N) is 2. The molecule has 2 N–H and O–H groups in total. The summed E-state index contributed by atoms with van der Waals surface area (Å²) in [6.45, 7) is 3.51. The fourth-order valence-corrected chi connectivity index (χ4v) is 3.02. The lowest BCUT2D eigenvalue weighted by atomic mass is 9.87. The van der Waals surface area contributed by atoms with E-state index in [9.17, 15) is 4.79 Å². The Hall–Kier alpha value is -1.06. The van der Waals surface area contributed by atoms with Gasteiger partial charge in [-0.3, -0.25) is 10.2 Å². The van der Waals surface area contributed by atoms with Crippen LogP contribution in [-0.2, 0) is 4.79 Å². The van der Waals surface area contributed by atoms with Crippen LogP contribution in [0.5, 0.6) is 0 Å². The van der Waals surface area contributed by atoms with Crippen molar-refractivity contribution < 1.29 is 4.79 Å². The molecule has 1 atom stereocenters. The molecule has 2 rings (SSSR count). The second-order valence-electron chi connectivity index (χ2n) is 5.13. The first kappa shape index (κ1) is 12.4. The van der Waals surface area contributed by atoms with Crippen LogP contribution < -0.4 is 5.32 Å². The molecule has 0 spiro atoms. The average molecular weight is 237 g/mol. The lowest BCUT2D eigenvalue weighted by Gasteiger charge is -2.39. The van der Waals surface area contributed by atoms with Gasteiger partial charge in [-0.2, -0.15) is 0 Å². The van der Waals surface area contributed by atoms with E-state index in [1.54, 1.807) is 0 Å². The molecule has 1 amide bonds. The van der Waals surface area contributed by atoms with E-state index >= 15 is 0 Å². The van der Waals surface area contributed by atoms with Gasteiger partial charge in [0.25, 0.3) is 0 Å². The first-order valence-corrected chi connectivity index (χ1v) is 6.86. The Bertz CT molecular complexity index is 297. The third-order valence-electron chi connectivity index (χ3n) is 4.02. The normalized spacial score (nSPS) is 26.8. The van der Waals surface area contributed by atoms with Gasteiger partial charge in [-0.25, -0.2) is 0 Å². The maximum atomic E-state index is 11.8. The van der Waals surface area contributed by atoms with Crippen LogP contribution in [0.15, 0.2) is 0 Å². The molecule has 0 bridgehead atoms. The van der Waals surface area contributed by atoms with Crippen molar-refractivity contribution in [3.63, 3.8) is 0 Å². The van der Waals surface area contributed by atoms with Gasteiger partial charge in [0.1, 0.15) is 6.04 Å². The minimum absolute atomic E-state index is 0.0966. The maximum absolute atomic E-state index is 11.8. The van der Waals surface area contributed by atoms with E-state index < -0.39 is 0 Å². The van der Waals surface area contributed by atoms with Crippen LogP contribution in [0, 0.1) is 11.3 Å². The molecule has 1 aliphatic heterocycles. The standard InChI is InChI=1S/C13H23N3O/c1-2-11-13(17)15-8-9-16(11)12(14)10-6-4-3-5-7-10/h10-11,14H,2-9H2,1H3,(H,15,17). The molecule has 4 heteroatoms. The van der Waals surface area contributed by atoms with Crippen molar-refractivity contribution in [1.29, 1.82) is 5.41 Å². The van der Waals surface area contributed by atoms with Crippen LogP contribution in [0.3, 0.4) is 0 Å². The zero-order valence-electron chi connectivity index (χ0n) is 10.7. The number of carbonyl (C=O) groups excluding carboxylic acids is 1. The predicted molar refractivity (Wildman–Crippen MR) is 68.1 cm³/mol. The molecule has 1 heterocycles. The van der Waals surface area contributed by atoms with Gasteiger partial charge in [-0.05, 0) is 19.3 Å². The van der Waals surface area contributed by atoms with Gasteiger partial charge in [0, 0.05) is 19.0 Å². The molecule has 1 aliphatic carbocycles. The molecule has 4 nitrogen and oxygen atoms in total. The van der Waals surface area contributed by atoms with Crippen LogP contribution in [0.4, 0.5) is 0 Å². The number of piperazine rings is 1. The predicted octanol–water partition coefficient (Wildman–Crippen LogP) is 1.75. The van der Waals surface area contributed by atoms with Gasteiger partial charge < -0.3 is 10.2 Å². The van der Waals surface area contributed by atoms with Crippen molar-refractivity contribution in [2.45, 2.75) is 51.5 Å². The number of nitrogens with zero attached hydrogens (tertiary/aromatic N) is 1. The van der Waals surface area contributed by atoms with E-state index in [2.05, 4.69) is 5.32 Å². The highest BCUT2D eigenvalue weighted by atomic mass is 16.2. The Balaban J connectivity index is 2.03. The fourth-order valence-electron chi connectivity index (χ4n) is 3.02. The number of amides is 1. The van der Waals surface area contributed by atoms with E-state index in [1.807, 2.05) is 11.8 Å². The van der Waals surface area contributed by atoms with E-state index in [0.717, 1.165) is 25.8 Å². The monoisotopic (exact) mass is 237 g/mol. The third kappa shape index (κ3) is 2.61. The molecule has 2 fully saturated rings. The largest absolute Gasteiger partial charge is 0.353 e. The Kier molecular flexibility index (Phi) is 4.02. The molecule has 0 radical (unpaired) electrons. The molecule has 0 aromatic carbocycles. The summed E-state index contributed by atoms with van der Waals surface area (Å²) in [4.78, 5) is 13.8. The van der Waals surface area contributed by atoms with Gasteiger partial charge >= 0.3 is 0 Å². The zero-order valence-corrected chi connectivity index (χ0v) is 10.7. The highest BCUT2D eigenvalue weighted by Crippen LogP contribution is 2.27. The van der Waals surface area contributed by atoms with Gasteiger partial charge in [-0.1, -0.05) is 26.2 Å². The second-order valence-corrected chi connectivity index (χ2v) is 5.13. The number of hydrogen-bond acceptors (Lipinski definition) is 2. The van der Waals surface area contributed by atoms with Crippen LogP contribution >= 0.6 is 0 Å². The van der Waals surface area contributed by atoms with Crippen LogP contribution in [0.1, 0.15) is 45.4 Å². The van der Waals surface area contributed by atoms with E-state index in [-0.39, 0.29) is 11.9 Å². The molecule has 96 valence electrons.